The van der Waals surface area contributed by atoms with Gasteiger partial charge in [0.15, 0.2) is 5.96 Å². The third kappa shape index (κ3) is 8.28. The summed E-state index contributed by atoms with van der Waals surface area (Å²) in [6, 6.07) is 8.88. The highest BCUT2D eigenvalue weighted by molar-refractivity contribution is 5.79. The van der Waals surface area contributed by atoms with E-state index in [1.807, 2.05) is 0 Å². The van der Waals surface area contributed by atoms with Gasteiger partial charge in [-0.2, -0.15) is 0 Å². The van der Waals surface area contributed by atoms with Gasteiger partial charge in [-0.3, -0.25) is 9.89 Å². The van der Waals surface area contributed by atoms with E-state index in [0.717, 1.165) is 77.3 Å². The first-order chi connectivity index (χ1) is 15.7. The Morgan fingerprint density at radius 1 is 1.16 bits per heavy atom. The highest BCUT2D eigenvalue weighted by atomic mass is 16.5. The molecule has 0 aromatic heterocycles. The number of rotatable bonds is 10. The van der Waals surface area contributed by atoms with Gasteiger partial charge >= 0.3 is 0 Å². The smallest absolute Gasteiger partial charge is 0.193 e. The number of piperazine rings is 1. The van der Waals surface area contributed by atoms with E-state index in [1.54, 1.807) is 0 Å². The second-order valence-electron chi connectivity index (χ2n) is 9.38. The molecule has 1 aromatic rings. The molecule has 2 saturated heterocycles. The van der Waals surface area contributed by atoms with Crippen LogP contribution in [0.25, 0.3) is 0 Å². The molecule has 0 aliphatic carbocycles. The van der Waals surface area contributed by atoms with E-state index in [-0.39, 0.29) is 0 Å². The largest absolute Gasteiger partial charge is 0.381 e. The van der Waals surface area contributed by atoms with Gasteiger partial charge < -0.3 is 19.9 Å². The number of aliphatic imine (C=N–C) groups is 1. The summed E-state index contributed by atoms with van der Waals surface area (Å²) < 4.78 is 5.49. The lowest BCUT2D eigenvalue weighted by atomic mass is 9.96. The molecule has 2 aliphatic heterocycles. The van der Waals surface area contributed by atoms with Gasteiger partial charge in [0.2, 0.25) is 0 Å². The lowest BCUT2D eigenvalue weighted by Crippen LogP contribution is -2.46. The zero-order chi connectivity index (χ0) is 22.6. The molecule has 3 rings (SSSR count). The fraction of sp³-hybridized carbons (Fsp3) is 0.731. The minimum Gasteiger partial charge on any atom is -0.381 e. The highest BCUT2D eigenvalue weighted by Crippen LogP contribution is 2.19. The molecule has 2 heterocycles. The number of aryl methyl sites for hydroxylation is 1. The Morgan fingerprint density at radius 2 is 1.94 bits per heavy atom. The van der Waals surface area contributed by atoms with Gasteiger partial charge in [0, 0.05) is 71.8 Å². The zero-order valence-corrected chi connectivity index (χ0v) is 20.7. The average molecular weight is 444 g/mol. The van der Waals surface area contributed by atoms with Crippen LogP contribution in [-0.2, 0) is 4.74 Å². The van der Waals surface area contributed by atoms with Gasteiger partial charge in [0.1, 0.15) is 0 Å². The monoisotopic (exact) mass is 443 g/mol. The zero-order valence-electron chi connectivity index (χ0n) is 20.7. The summed E-state index contributed by atoms with van der Waals surface area (Å²) in [6.45, 7) is 14.9. The maximum Gasteiger partial charge on any atom is 0.193 e. The molecule has 0 unspecified atom stereocenters. The van der Waals surface area contributed by atoms with Crippen molar-refractivity contribution >= 4 is 11.6 Å². The molecule has 180 valence electrons. The molecule has 0 bridgehead atoms. The van der Waals surface area contributed by atoms with E-state index in [9.17, 15) is 0 Å². The third-order valence-electron chi connectivity index (χ3n) is 6.79. The first kappa shape index (κ1) is 24.8. The molecule has 1 aromatic carbocycles. The van der Waals surface area contributed by atoms with Crippen molar-refractivity contribution in [3.05, 3.63) is 29.8 Å². The summed E-state index contributed by atoms with van der Waals surface area (Å²) in [7, 11) is 2.18. The molecule has 0 atom stereocenters. The van der Waals surface area contributed by atoms with E-state index in [0.29, 0.717) is 0 Å². The maximum absolute atomic E-state index is 5.49. The number of benzene rings is 1. The van der Waals surface area contributed by atoms with Crippen molar-refractivity contribution < 1.29 is 4.74 Å². The van der Waals surface area contributed by atoms with Crippen molar-refractivity contribution in [2.45, 2.75) is 46.0 Å². The van der Waals surface area contributed by atoms with Gasteiger partial charge in [0.25, 0.3) is 0 Å². The summed E-state index contributed by atoms with van der Waals surface area (Å²) in [5, 5.41) is 3.47. The van der Waals surface area contributed by atoms with Gasteiger partial charge in [-0.05, 0) is 76.1 Å². The van der Waals surface area contributed by atoms with Crippen molar-refractivity contribution in [3.63, 3.8) is 0 Å². The normalized spacial score (nSPS) is 18.7. The van der Waals surface area contributed by atoms with Crippen molar-refractivity contribution in [3.8, 4) is 0 Å². The Kier molecular flexibility index (Phi) is 10.6. The van der Waals surface area contributed by atoms with Crippen LogP contribution in [0, 0.1) is 12.8 Å². The van der Waals surface area contributed by atoms with E-state index >= 15 is 0 Å². The fourth-order valence-electron chi connectivity index (χ4n) is 4.67. The third-order valence-corrected chi connectivity index (χ3v) is 6.79. The molecular weight excluding hydrogens is 398 g/mol. The van der Waals surface area contributed by atoms with Crippen molar-refractivity contribution in [1.82, 2.24) is 15.1 Å². The molecule has 0 radical (unpaired) electrons. The summed E-state index contributed by atoms with van der Waals surface area (Å²) >= 11 is 0. The van der Waals surface area contributed by atoms with Gasteiger partial charge in [0.05, 0.1) is 0 Å². The first-order valence-electron chi connectivity index (χ1n) is 12.8. The molecule has 6 heteroatoms. The molecule has 6 nitrogen and oxygen atoms in total. The topological polar surface area (TPSA) is 43.3 Å². The van der Waals surface area contributed by atoms with Crippen molar-refractivity contribution in [1.29, 1.82) is 0 Å². The van der Waals surface area contributed by atoms with Crippen LogP contribution >= 0.6 is 0 Å². The summed E-state index contributed by atoms with van der Waals surface area (Å²) in [5.74, 6) is 1.87. The molecule has 2 fully saturated rings. The van der Waals surface area contributed by atoms with Crippen molar-refractivity contribution in [2.24, 2.45) is 10.9 Å². The van der Waals surface area contributed by atoms with E-state index in [2.05, 4.69) is 65.2 Å². The Labute approximate surface area is 196 Å². The quantitative estimate of drug-likeness (QED) is 0.340. The number of hydrogen-bond acceptors (Lipinski definition) is 4. The molecule has 1 N–H and O–H groups in total. The first-order valence-corrected chi connectivity index (χ1v) is 12.8. The van der Waals surface area contributed by atoms with E-state index in [1.165, 1.54) is 43.5 Å². The number of nitrogens with one attached hydrogen (secondary N) is 1. The van der Waals surface area contributed by atoms with Crippen LogP contribution in [0.3, 0.4) is 0 Å². The Bertz CT molecular complexity index is 681. The fourth-order valence-corrected chi connectivity index (χ4v) is 4.67. The Balaban J connectivity index is 1.32. The SMILES string of the molecule is CCNC(=NCCCCN1CCN(c2cccc(C)c2)CC1)N(C)CCC1CCOCC1. The molecule has 2 aliphatic rings. The number of nitrogens with zero attached hydrogens (tertiary/aromatic N) is 4. The van der Waals surface area contributed by atoms with Crippen molar-refractivity contribution in [2.75, 3.05) is 77.5 Å². The van der Waals surface area contributed by atoms with Crippen LogP contribution in [0.1, 0.15) is 44.6 Å². The highest BCUT2D eigenvalue weighted by Gasteiger charge is 2.17. The van der Waals surface area contributed by atoms with E-state index < -0.39 is 0 Å². The van der Waals surface area contributed by atoms with Crippen LogP contribution in [0.2, 0.25) is 0 Å². The number of ether oxygens (including phenoxy) is 1. The molecule has 0 amide bonds. The Hall–Kier alpha value is -1.79. The molecular formula is C26H45N5O. The summed E-state index contributed by atoms with van der Waals surface area (Å²) in [4.78, 5) is 12.3. The van der Waals surface area contributed by atoms with E-state index in [4.69, 9.17) is 9.73 Å². The lowest BCUT2D eigenvalue weighted by Gasteiger charge is -2.36. The Morgan fingerprint density at radius 3 is 2.66 bits per heavy atom. The second kappa shape index (κ2) is 13.7. The lowest BCUT2D eigenvalue weighted by molar-refractivity contribution is 0.0625. The minimum atomic E-state index is 0.806. The summed E-state index contributed by atoms with van der Waals surface area (Å²) in [6.07, 6.45) is 6.03. The number of hydrogen-bond donors (Lipinski definition) is 1. The van der Waals surface area contributed by atoms with Gasteiger partial charge in [-0.1, -0.05) is 12.1 Å². The van der Waals surface area contributed by atoms with Crippen LogP contribution in [-0.4, -0.2) is 88.4 Å². The number of anilines is 1. The van der Waals surface area contributed by atoms with Gasteiger partial charge in [-0.25, -0.2) is 0 Å². The maximum atomic E-state index is 5.49. The number of unbranched alkanes of at least 4 members (excludes halogenated alkanes) is 1. The van der Waals surface area contributed by atoms with Crippen LogP contribution in [0.4, 0.5) is 5.69 Å². The van der Waals surface area contributed by atoms with Crippen LogP contribution in [0.15, 0.2) is 29.3 Å². The average Bonchev–Trinajstić information content (AvgIpc) is 2.82. The standard InChI is InChI=1S/C26H45N5O/c1-4-27-26(29(3)15-10-24-11-20-32-21-12-24)28-13-5-6-14-30-16-18-31(19-17-30)25-9-7-8-23(2)22-25/h7-9,22,24H,4-6,10-21H2,1-3H3,(H,27,28). The predicted molar refractivity (Wildman–Crippen MR) is 136 cm³/mol. The van der Waals surface area contributed by atoms with Gasteiger partial charge in [-0.15, -0.1) is 0 Å². The predicted octanol–water partition coefficient (Wildman–Crippen LogP) is 3.61. The molecule has 0 saturated carbocycles. The number of guanidine groups is 1. The molecule has 32 heavy (non-hydrogen) atoms. The minimum absolute atomic E-state index is 0.806. The molecule has 0 spiro atoms. The van der Waals surface area contributed by atoms with Crippen LogP contribution < -0.4 is 10.2 Å². The van der Waals surface area contributed by atoms with Crippen LogP contribution in [0.5, 0.6) is 0 Å². The summed E-state index contributed by atoms with van der Waals surface area (Å²) in [5.41, 5.74) is 2.72. The second-order valence-corrected chi connectivity index (χ2v) is 9.38.